The largest absolute Gasteiger partial charge is 0.421 e. The van der Waals surface area contributed by atoms with Crippen LogP contribution in [0.15, 0.2) is 54.6 Å². The Morgan fingerprint density at radius 3 is 2.35 bits per heavy atom. The first kappa shape index (κ1) is 11.5. The zero-order valence-corrected chi connectivity index (χ0v) is 9.65. The van der Waals surface area contributed by atoms with Crippen LogP contribution in [0.2, 0.25) is 0 Å². The maximum Gasteiger partial charge on any atom is 0.343 e. The van der Waals surface area contributed by atoms with Gasteiger partial charge in [0, 0.05) is 11.8 Å². The van der Waals surface area contributed by atoms with Gasteiger partial charge >= 0.3 is 5.97 Å². The molecule has 0 heterocycles. The minimum atomic E-state index is -0.412. The molecule has 0 aromatic heterocycles. The van der Waals surface area contributed by atoms with Crippen LogP contribution >= 0.6 is 11.8 Å². The summed E-state index contributed by atoms with van der Waals surface area (Å²) in [6.07, 6.45) is 0. The topological polar surface area (TPSA) is 38.3 Å². The second kappa shape index (κ2) is 5.37. The average Bonchev–Trinajstić information content (AvgIpc) is 2.40. The van der Waals surface area contributed by atoms with Gasteiger partial charge in [-0.2, -0.15) is 0 Å². The molecule has 2 aromatic rings. The van der Waals surface area contributed by atoms with E-state index >= 15 is 0 Å². The van der Waals surface area contributed by atoms with E-state index in [9.17, 15) is 4.79 Å². The van der Waals surface area contributed by atoms with Crippen molar-refractivity contribution in [1.82, 2.24) is 0 Å². The Morgan fingerprint density at radius 2 is 1.65 bits per heavy atom. The molecule has 0 spiro atoms. The number of rotatable bonds is 3. The van der Waals surface area contributed by atoms with Gasteiger partial charge in [-0.15, -0.1) is 0 Å². The van der Waals surface area contributed by atoms with Crippen LogP contribution in [0, 0.1) is 0 Å². The van der Waals surface area contributed by atoms with Crippen molar-refractivity contribution >= 4 is 23.4 Å². The third kappa shape index (κ3) is 2.77. The molecule has 0 saturated carbocycles. The predicted molar refractivity (Wildman–Crippen MR) is 67.3 cm³/mol. The van der Waals surface area contributed by atoms with Gasteiger partial charge in [-0.25, -0.2) is 4.79 Å². The minimum Gasteiger partial charge on any atom is -0.421 e. The first-order valence-corrected chi connectivity index (χ1v) is 5.42. The molecule has 1 N–H and O–H groups in total. The van der Waals surface area contributed by atoms with Gasteiger partial charge in [0.2, 0.25) is 0 Å². The number of carbonyl (C=O) groups excluding carboxylic acids is 1. The molecule has 86 valence electrons. The summed E-state index contributed by atoms with van der Waals surface area (Å²) in [4.78, 5) is 14.2. The van der Waals surface area contributed by atoms with E-state index < -0.39 is 5.97 Å². The van der Waals surface area contributed by atoms with Crippen molar-refractivity contribution in [3.05, 3.63) is 60.2 Å². The normalized spacial score (nSPS) is 9.71. The van der Waals surface area contributed by atoms with E-state index in [4.69, 9.17) is 16.5 Å². The van der Waals surface area contributed by atoms with Crippen LogP contribution in [0.3, 0.4) is 0 Å². The van der Waals surface area contributed by atoms with Crippen LogP contribution in [0.5, 0.6) is 5.75 Å². The summed E-state index contributed by atoms with van der Waals surface area (Å²) in [5, 5.41) is 0. The van der Waals surface area contributed by atoms with Crippen molar-refractivity contribution in [3.63, 3.8) is 0 Å². The van der Waals surface area contributed by atoms with Gasteiger partial charge in [0.05, 0.1) is 11.3 Å². The molecule has 0 unspecified atom stereocenters. The van der Waals surface area contributed by atoms with Crippen LogP contribution in [-0.2, 0) is 0 Å². The van der Waals surface area contributed by atoms with E-state index in [1.807, 2.05) is 6.07 Å². The Labute approximate surface area is 104 Å². The first-order valence-electron chi connectivity index (χ1n) is 5.04. The van der Waals surface area contributed by atoms with E-state index in [1.54, 1.807) is 48.5 Å². The van der Waals surface area contributed by atoms with Crippen molar-refractivity contribution in [2.45, 2.75) is 0 Å². The van der Waals surface area contributed by atoms with Crippen molar-refractivity contribution in [2.24, 2.45) is 0 Å². The van der Waals surface area contributed by atoms with Crippen LogP contribution in [0.1, 0.15) is 10.4 Å². The van der Waals surface area contributed by atoms with E-state index in [1.165, 1.54) is 0 Å². The number of nitrogens with one attached hydrogen (secondary N) is 1. The summed E-state index contributed by atoms with van der Waals surface area (Å²) < 4.78 is 5.24. The summed E-state index contributed by atoms with van der Waals surface area (Å²) >= 11 is 5.52. The highest BCUT2D eigenvalue weighted by Gasteiger charge is 2.10. The molecule has 0 aliphatic rings. The fraction of sp³-hybridized carbons (Fsp3) is 0. The summed E-state index contributed by atoms with van der Waals surface area (Å²) in [5.74, 6) is -0.0127. The lowest BCUT2D eigenvalue weighted by Gasteiger charge is -2.07. The number of benzene rings is 2. The quantitative estimate of drug-likeness (QED) is 0.513. The molecule has 0 amide bonds. The fourth-order valence-corrected chi connectivity index (χ4v) is 1.52. The number of hydrogen-bond donors (Lipinski definition) is 1. The second-order valence-electron chi connectivity index (χ2n) is 3.35. The molecule has 3 nitrogen and oxygen atoms in total. The number of ether oxygens (including phenoxy) is 1. The Morgan fingerprint density at radius 1 is 1.00 bits per heavy atom. The predicted octanol–water partition coefficient (Wildman–Crippen LogP) is 3.47. The number of hydrogen-bond acceptors (Lipinski definition) is 3. The zero-order chi connectivity index (χ0) is 12.1. The van der Waals surface area contributed by atoms with Crippen LogP contribution in [-0.4, -0.2) is 5.97 Å². The summed E-state index contributed by atoms with van der Waals surface area (Å²) in [7, 11) is 0. The van der Waals surface area contributed by atoms with Gasteiger partial charge < -0.3 is 4.74 Å². The van der Waals surface area contributed by atoms with Crippen LogP contribution in [0.25, 0.3) is 0 Å². The molecule has 0 fully saturated rings. The van der Waals surface area contributed by atoms with Crippen molar-refractivity contribution in [2.75, 3.05) is 4.84 Å². The maximum absolute atomic E-state index is 11.8. The van der Waals surface area contributed by atoms with Gasteiger partial charge in [-0.1, -0.05) is 30.3 Å². The monoisotopic (exact) mass is 247 g/mol. The zero-order valence-electron chi connectivity index (χ0n) is 8.89. The Balaban J connectivity index is 2.19. The van der Waals surface area contributed by atoms with Gasteiger partial charge in [0.15, 0.2) is 5.75 Å². The van der Waals surface area contributed by atoms with Crippen molar-refractivity contribution in [3.8, 4) is 5.75 Å². The maximum atomic E-state index is 11.8. The van der Waals surface area contributed by atoms with Crippen molar-refractivity contribution < 1.29 is 9.53 Å². The van der Waals surface area contributed by atoms with Gasteiger partial charge in [0.1, 0.15) is 0 Å². The highest BCUT2D eigenvalue weighted by atomic mass is 35.5. The van der Waals surface area contributed by atoms with Crippen LogP contribution < -0.4 is 9.57 Å². The number of halogens is 1. The third-order valence-corrected chi connectivity index (χ3v) is 2.40. The lowest BCUT2D eigenvalue weighted by molar-refractivity contribution is 0.0736. The highest BCUT2D eigenvalue weighted by molar-refractivity contribution is 6.24. The standard InChI is InChI=1S/C13H10ClNO2/c14-15-11-8-4-5-9-12(11)17-13(16)10-6-2-1-3-7-10/h1-9,15H. The van der Waals surface area contributed by atoms with E-state index in [0.29, 0.717) is 17.0 Å². The van der Waals surface area contributed by atoms with E-state index in [0.717, 1.165) is 0 Å². The molecule has 0 radical (unpaired) electrons. The summed E-state index contributed by atoms with van der Waals surface area (Å²) in [6, 6.07) is 15.7. The molecule has 2 aromatic carbocycles. The molecule has 0 atom stereocenters. The molecule has 17 heavy (non-hydrogen) atoms. The molecule has 2 rings (SSSR count). The smallest absolute Gasteiger partial charge is 0.343 e. The number of anilines is 1. The van der Waals surface area contributed by atoms with E-state index in [2.05, 4.69) is 4.84 Å². The lowest BCUT2D eigenvalue weighted by Crippen LogP contribution is -2.08. The number of para-hydroxylation sites is 2. The molecule has 0 bridgehead atoms. The van der Waals surface area contributed by atoms with Gasteiger partial charge in [-0.05, 0) is 24.3 Å². The molecular formula is C13H10ClNO2. The SMILES string of the molecule is O=C(Oc1ccccc1NCl)c1ccccc1. The molecular weight excluding hydrogens is 238 g/mol. The summed E-state index contributed by atoms with van der Waals surface area (Å²) in [5.41, 5.74) is 1.05. The Kier molecular flexibility index (Phi) is 3.62. The van der Waals surface area contributed by atoms with E-state index in [-0.39, 0.29) is 0 Å². The third-order valence-electron chi connectivity index (χ3n) is 2.20. The van der Waals surface area contributed by atoms with Gasteiger partial charge in [0.25, 0.3) is 0 Å². The molecule has 0 aliphatic carbocycles. The second-order valence-corrected chi connectivity index (χ2v) is 3.54. The molecule has 4 heteroatoms. The Bertz CT molecular complexity index is 514. The highest BCUT2D eigenvalue weighted by Crippen LogP contribution is 2.25. The molecule has 0 saturated heterocycles. The Hall–Kier alpha value is -2.00. The van der Waals surface area contributed by atoms with Crippen LogP contribution in [0.4, 0.5) is 5.69 Å². The number of carbonyl (C=O) groups is 1. The number of esters is 1. The lowest BCUT2D eigenvalue weighted by atomic mass is 10.2. The van der Waals surface area contributed by atoms with Crippen molar-refractivity contribution in [1.29, 1.82) is 0 Å². The fourth-order valence-electron chi connectivity index (χ4n) is 1.37. The molecule has 0 aliphatic heterocycles. The minimum absolute atomic E-state index is 0.399. The van der Waals surface area contributed by atoms with Gasteiger partial charge in [-0.3, -0.25) is 4.84 Å². The summed E-state index contributed by atoms with van der Waals surface area (Å²) in [6.45, 7) is 0. The first-order chi connectivity index (χ1) is 8.31. The average molecular weight is 248 g/mol.